The molecule has 27 heavy (non-hydrogen) atoms. The van der Waals surface area contributed by atoms with Crippen molar-refractivity contribution in [1.29, 1.82) is 0 Å². The number of methoxy groups -OCH3 is 1. The predicted octanol–water partition coefficient (Wildman–Crippen LogP) is 6.07. The molecule has 0 saturated carbocycles. The van der Waals surface area contributed by atoms with E-state index in [1.807, 2.05) is 19.1 Å². The molecule has 1 aromatic heterocycles. The van der Waals surface area contributed by atoms with Crippen LogP contribution < -0.4 is 5.32 Å². The Morgan fingerprint density at radius 3 is 2.37 bits per heavy atom. The summed E-state index contributed by atoms with van der Waals surface area (Å²) in [5.41, 5.74) is 2.22. The van der Waals surface area contributed by atoms with Gasteiger partial charge in [0.15, 0.2) is 0 Å². The summed E-state index contributed by atoms with van der Waals surface area (Å²) in [4.78, 5) is 25.9. The molecule has 3 aromatic rings. The van der Waals surface area contributed by atoms with Crippen LogP contribution in [-0.4, -0.2) is 19.0 Å². The zero-order valence-electron chi connectivity index (χ0n) is 14.5. The van der Waals surface area contributed by atoms with Crippen molar-refractivity contribution in [2.75, 3.05) is 12.4 Å². The Labute approximate surface area is 170 Å². The number of ether oxygens (including phenoxy) is 1. The lowest BCUT2D eigenvalue weighted by Gasteiger charge is -2.08. The number of thiophene rings is 1. The highest BCUT2D eigenvalue weighted by Gasteiger charge is 2.25. The topological polar surface area (TPSA) is 55.4 Å². The maximum absolute atomic E-state index is 12.6. The molecular formula is C20H15Cl2NO3S. The average Bonchev–Trinajstić information content (AvgIpc) is 2.97. The molecule has 4 nitrogen and oxygen atoms in total. The summed E-state index contributed by atoms with van der Waals surface area (Å²) in [5.74, 6) is -0.864. The van der Waals surface area contributed by atoms with E-state index in [4.69, 9.17) is 27.9 Å². The van der Waals surface area contributed by atoms with Crippen molar-refractivity contribution < 1.29 is 14.3 Å². The number of aryl methyl sites for hydroxylation is 1. The number of amides is 1. The van der Waals surface area contributed by atoms with E-state index < -0.39 is 5.97 Å². The molecular weight excluding hydrogens is 405 g/mol. The Kier molecular flexibility index (Phi) is 5.85. The molecule has 1 amide bonds. The number of halogens is 2. The van der Waals surface area contributed by atoms with Gasteiger partial charge >= 0.3 is 5.97 Å². The maximum atomic E-state index is 12.6. The molecule has 0 aliphatic heterocycles. The van der Waals surface area contributed by atoms with Crippen LogP contribution in [0.1, 0.15) is 25.6 Å². The lowest BCUT2D eigenvalue weighted by Crippen LogP contribution is -2.14. The second-order valence-electron chi connectivity index (χ2n) is 5.70. The molecule has 0 bridgehead atoms. The molecule has 1 heterocycles. The molecule has 0 radical (unpaired) electrons. The quantitative estimate of drug-likeness (QED) is 0.522. The Hall–Kier alpha value is -2.34. The van der Waals surface area contributed by atoms with E-state index in [1.165, 1.54) is 18.4 Å². The molecule has 0 atom stereocenters. The number of rotatable bonds is 4. The van der Waals surface area contributed by atoms with Crippen molar-refractivity contribution in [1.82, 2.24) is 0 Å². The van der Waals surface area contributed by atoms with Crippen LogP contribution in [0.25, 0.3) is 11.1 Å². The van der Waals surface area contributed by atoms with Gasteiger partial charge in [0, 0.05) is 26.0 Å². The van der Waals surface area contributed by atoms with Crippen molar-refractivity contribution in [3.8, 4) is 11.1 Å². The fraction of sp³-hybridized carbons (Fsp3) is 0.100. The Bertz CT molecular complexity index is 1010. The van der Waals surface area contributed by atoms with Crippen LogP contribution in [0.2, 0.25) is 10.0 Å². The fourth-order valence-electron chi connectivity index (χ4n) is 2.70. The van der Waals surface area contributed by atoms with Crippen LogP contribution in [0.5, 0.6) is 0 Å². The third kappa shape index (κ3) is 4.16. The number of carbonyl (C=O) groups is 2. The molecule has 0 saturated heterocycles. The van der Waals surface area contributed by atoms with Gasteiger partial charge in [-0.05, 0) is 48.9 Å². The smallest absolute Gasteiger partial charge is 0.341 e. The number of hydrogen-bond donors (Lipinski definition) is 1. The minimum Gasteiger partial charge on any atom is -0.465 e. The zero-order chi connectivity index (χ0) is 19.6. The van der Waals surface area contributed by atoms with Gasteiger partial charge in [0.05, 0.1) is 7.11 Å². The van der Waals surface area contributed by atoms with E-state index in [0.717, 1.165) is 10.4 Å². The SMILES string of the molecule is COC(=O)c1c(NC(=O)c2ccc(Cl)cc2)sc(C)c1-c1cccc(Cl)c1. The molecule has 0 fully saturated rings. The van der Waals surface area contributed by atoms with E-state index in [0.29, 0.717) is 31.7 Å². The van der Waals surface area contributed by atoms with Gasteiger partial charge in [-0.3, -0.25) is 4.79 Å². The third-order valence-electron chi connectivity index (χ3n) is 3.92. The minimum atomic E-state index is -0.527. The van der Waals surface area contributed by atoms with Crippen molar-refractivity contribution in [3.05, 3.63) is 74.6 Å². The lowest BCUT2D eigenvalue weighted by atomic mass is 10.0. The van der Waals surface area contributed by atoms with Gasteiger partial charge in [-0.2, -0.15) is 0 Å². The number of nitrogens with one attached hydrogen (secondary N) is 1. The zero-order valence-corrected chi connectivity index (χ0v) is 16.8. The van der Waals surface area contributed by atoms with Crippen molar-refractivity contribution in [2.24, 2.45) is 0 Å². The molecule has 0 spiro atoms. The second-order valence-corrected chi connectivity index (χ2v) is 7.80. The minimum absolute atomic E-state index is 0.310. The molecule has 0 aliphatic carbocycles. The van der Waals surface area contributed by atoms with Crippen LogP contribution in [0.4, 0.5) is 5.00 Å². The molecule has 3 rings (SSSR count). The van der Waals surface area contributed by atoms with Crippen LogP contribution in [0.15, 0.2) is 48.5 Å². The van der Waals surface area contributed by atoms with Gasteiger partial charge in [0.1, 0.15) is 10.6 Å². The van der Waals surface area contributed by atoms with Gasteiger partial charge in [-0.1, -0.05) is 35.3 Å². The summed E-state index contributed by atoms with van der Waals surface area (Å²) >= 11 is 13.3. The number of anilines is 1. The van der Waals surface area contributed by atoms with E-state index >= 15 is 0 Å². The largest absolute Gasteiger partial charge is 0.465 e. The molecule has 0 aliphatic rings. The first-order valence-electron chi connectivity index (χ1n) is 7.95. The van der Waals surface area contributed by atoms with E-state index in [9.17, 15) is 9.59 Å². The molecule has 7 heteroatoms. The van der Waals surface area contributed by atoms with Gasteiger partial charge in [0.25, 0.3) is 5.91 Å². The van der Waals surface area contributed by atoms with Gasteiger partial charge < -0.3 is 10.1 Å². The first kappa shape index (κ1) is 19.4. The highest BCUT2D eigenvalue weighted by atomic mass is 35.5. The van der Waals surface area contributed by atoms with Crippen LogP contribution in [0, 0.1) is 6.92 Å². The van der Waals surface area contributed by atoms with Crippen LogP contribution >= 0.6 is 34.5 Å². The highest BCUT2D eigenvalue weighted by molar-refractivity contribution is 7.17. The summed E-state index contributed by atoms with van der Waals surface area (Å²) in [6.45, 7) is 1.88. The average molecular weight is 420 g/mol. The summed E-state index contributed by atoms with van der Waals surface area (Å²) < 4.78 is 4.95. The van der Waals surface area contributed by atoms with E-state index in [-0.39, 0.29) is 5.91 Å². The summed E-state index contributed by atoms with van der Waals surface area (Å²) in [6.07, 6.45) is 0. The van der Waals surface area contributed by atoms with Gasteiger partial charge in [0.2, 0.25) is 0 Å². The van der Waals surface area contributed by atoms with E-state index in [2.05, 4.69) is 5.32 Å². The molecule has 1 N–H and O–H groups in total. The standard InChI is InChI=1S/C20H15Cl2NO3S/c1-11-16(13-4-3-5-15(22)10-13)17(20(25)26-2)19(27-11)23-18(24)12-6-8-14(21)9-7-12/h3-10H,1-2H3,(H,23,24). The predicted molar refractivity (Wildman–Crippen MR) is 110 cm³/mol. The van der Waals surface area contributed by atoms with Crippen LogP contribution in [0.3, 0.4) is 0 Å². The second kappa shape index (κ2) is 8.13. The number of esters is 1. The monoisotopic (exact) mass is 419 g/mol. The Morgan fingerprint density at radius 1 is 1.04 bits per heavy atom. The lowest BCUT2D eigenvalue weighted by molar-refractivity contribution is 0.0603. The highest BCUT2D eigenvalue weighted by Crippen LogP contribution is 2.41. The number of carbonyl (C=O) groups excluding carboxylic acids is 2. The van der Waals surface area contributed by atoms with Crippen molar-refractivity contribution in [2.45, 2.75) is 6.92 Å². The number of benzene rings is 2. The number of hydrogen-bond acceptors (Lipinski definition) is 4. The van der Waals surface area contributed by atoms with Gasteiger partial charge in [-0.15, -0.1) is 11.3 Å². The summed E-state index contributed by atoms with van der Waals surface area (Å²) in [5, 5.41) is 4.33. The van der Waals surface area contributed by atoms with Crippen LogP contribution in [-0.2, 0) is 4.74 Å². The Morgan fingerprint density at radius 2 is 1.74 bits per heavy atom. The first-order valence-corrected chi connectivity index (χ1v) is 9.52. The third-order valence-corrected chi connectivity index (χ3v) is 5.43. The summed E-state index contributed by atoms with van der Waals surface area (Å²) in [7, 11) is 1.31. The first-order chi connectivity index (χ1) is 12.9. The fourth-order valence-corrected chi connectivity index (χ4v) is 4.07. The molecule has 138 valence electrons. The molecule has 2 aromatic carbocycles. The van der Waals surface area contributed by atoms with Crippen molar-refractivity contribution >= 4 is 51.4 Å². The maximum Gasteiger partial charge on any atom is 0.341 e. The Balaban J connectivity index is 2.05. The normalized spacial score (nSPS) is 10.5. The molecule has 0 unspecified atom stereocenters. The summed E-state index contributed by atoms with van der Waals surface area (Å²) in [6, 6.07) is 13.7. The van der Waals surface area contributed by atoms with Gasteiger partial charge in [-0.25, -0.2) is 4.79 Å². The van der Waals surface area contributed by atoms with Crippen molar-refractivity contribution in [3.63, 3.8) is 0 Å². The van der Waals surface area contributed by atoms with E-state index in [1.54, 1.807) is 36.4 Å².